The Kier molecular flexibility index (Phi) is 6.92. The summed E-state index contributed by atoms with van der Waals surface area (Å²) in [6.45, 7) is 8.27. The predicted octanol–water partition coefficient (Wildman–Crippen LogP) is 3.63. The molecule has 0 aliphatic carbocycles. The third kappa shape index (κ3) is 5.98. The van der Waals surface area contributed by atoms with Crippen LogP contribution < -0.4 is 5.32 Å². The standard InChI is InChI=1S/C16H24N4O/c1-11(2)16(21)15(19-12(3)4)9-13-6-5-7-14(8-13)10-18-20-17/h5-8,11-12,15,19H,9-10H2,1-4H3/t15-/m0/s1. The van der Waals surface area contributed by atoms with Crippen LogP contribution in [0.5, 0.6) is 0 Å². The van der Waals surface area contributed by atoms with Crippen LogP contribution in [0.2, 0.25) is 0 Å². The van der Waals surface area contributed by atoms with Gasteiger partial charge in [0.25, 0.3) is 0 Å². The largest absolute Gasteiger partial charge is 0.305 e. The summed E-state index contributed by atoms with van der Waals surface area (Å²) < 4.78 is 0. The highest BCUT2D eigenvalue weighted by atomic mass is 16.1. The number of benzene rings is 1. The molecule has 0 amide bonds. The SMILES string of the molecule is CC(C)N[C@@H](Cc1cccc(CN=[N+]=[N-])c1)C(=O)C(C)C. The topological polar surface area (TPSA) is 77.9 Å². The minimum Gasteiger partial charge on any atom is -0.305 e. The monoisotopic (exact) mass is 288 g/mol. The highest BCUT2D eigenvalue weighted by Crippen LogP contribution is 2.12. The van der Waals surface area contributed by atoms with Gasteiger partial charge in [-0.25, -0.2) is 0 Å². The summed E-state index contributed by atoms with van der Waals surface area (Å²) in [5.41, 5.74) is 10.4. The van der Waals surface area contributed by atoms with E-state index in [0.29, 0.717) is 13.0 Å². The molecule has 1 aromatic carbocycles. The average molecular weight is 288 g/mol. The number of azide groups is 1. The molecule has 0 saturated heterocycles. The van der Waals surface area contributed by atoms with Gasteiger partial charge in [-0.15, -0.1) is 0 Å². The van der Waals surface area contributed by atoms with Gasteiger partial charge in [0.2, 0.25) is 0 Å². The number of nitrogens with one attached hydrogen (secondary N) is 1. The second kappa shape index (κ2) is 8.45. The molecule has 0 heterocycles. The fourth-order valence-corrected chi connectivity index (χ4v) is 2.25. The molecule has 21 heavy (non-hydrogen) atoms. The smallest absolute Gasteiger partial charge is 0.152 e. The summed E-state index contributed by atoms with van der Waals surface area (Å²) in [6.07, 6.45) is 0.652. The van der Waals surface area contributed by atoms with Gasteiger partial charge in [0.15, 0.2) is 5.78 Å². The summed E-state index contributed by atoms with van der Waals surface area (Å²) in [7, 11) is 0. The van der Waals surface area contributed by atoms with E-state index in [1.54, 1.807) is 0 Å². The van der Waals surface area contributed by atoms with Gasteiger partial charge in [-0.1, -0.05) is 57.1 Å². The lowest BCUT2D eigenvalue weighted by atomic mass is 9.94. The van der Waals surface area contributed by atoms with Crippen LogP contribution in [0.3, 0.4) is 0 Å². The van der Waals surface area contributed by atoms with Crippen molar-refractivity contribution in [2.75, 3.05) is 0 Å². The number of nitrogens with zero attached hydrogens (tertiary/aromatic N) is 3. The Morgan fingerprint density at radius 2 is 1.95 bits per heavy atom. The molecule has 1 atom stereocenters. The van der Waals surface area contributed by atoms with Gasteiger partial charge in [0, 0.05) is 16.9 Å². The van der Waals surface area contributed by atoms with E-state index in [1.807, 2.05) is 52.0 Å². The molecular weight excluding hydrogens is 264 g/mol. The Labute approximate surface area is 126 Å². The van der Waals surface area contributed by atoms with E-state index in [-0.39, 0.29) is 23.8 Å². The summed E-state index contributed by atoms with van der Waals surface area (Å²) in [5, 5.41) is 6.91. The molecular formula is C16H24N4O. The molecule has 0 saturated carbocycles. The van der Waals surface area contributed by atoms with Crippen LogP contribution in [-0.2, 0) is 17.8 Å². The number of hydrogen-bond donors (Lipinski definition) is 1. The van der Waals surface area contributed by atoms with Crippen LogP contribution in [0.4, 0.5) is 0 Å². The lowest BCUT2D eigenvalue weighted by Gasteiger charge is -2.22. The minimum atomic E-state index is -0.181. The molecule has 5 heteroatoms. The zero-order valence-electron chi connectivity index (χ0n) is 13.2. The Balaban J connectivity index is 2.87. The molecule has 0 radical (unpaired) electrons. The fraction of sp³-hybridized carbons (Fsp3) is 0.562. The van der Waals surface area contributed by atoms with Gasteiger partial charge in [-0.3, -0.25) is 4.79 Å². The maximum Gasteiger partial charge on any atom is 0.152 e. The van der Waals surface area contributed by atoms with E-state index in [1.165, 1.54) is 0 Å². The predicted molar refractivity (Wildman–Crippen MR) is 84.9 cm³/mol. The van der Waals surface area contributed by atoms with Crippen LogP contribution >= 0.6 is 0 Å². The third-order valence-electron chi connectivity index (χ3n) is 3.19. The highest BCUT2D eigenvalue weighted by Gasteiger charge is 2.22. The number of carbonyl (C=O) groups excluding carboxylic acids is 1. The van der Waals surface area contributed by atoms with Crippen molar-refractivity contribution < 1.29 is 4.79 Å². The van der Waals surface area contributed by atoms with Crippen molar-refractivity contribution in [2.45, 2.75) is 52.7 Å². The van der Waals surface area contributed by atoms with Gasteiger partial charge in [0.1, 0.15) is 0 Å². The molecule has 114 valence electrons. The first kappa shape index (κ1) is 17.2. The van der Waals surface area contributed by atoms with Crippen LogP contribution in [0.1, 0.15) is 38.8 Å². The molecule has 0 spiro atoms. The molecule has 1 rings (SSSR count). The normalized spacial score (nSPS) is 12.3. The summed E-state index contributed by atoms with van der Waals surface area (Å²) >= 11 is 0. The maximum absolute atomic E-state index is 12.3. The first-order valence-corrected chi connectivity index (χ1v) is 7.32. The van der Waals surface area contributed by atoms with Gasteiger partial charge < -0.3 is 5.32 Å². The first-order valence-electron chi connectivity index (χ1n) is 7.32. The quantitative estimate of drug-likeness (QED) is 0.450. The van der Waals surface area contributed by atoms with E-state index in [0.717, 1.165) is 11.1 Å². The first-order chi connectivity index (χ1) is 9.93. The Morgan fingerprint density at radius 1 is 1.29 bits per heavy atom. The van der Waals surface area contributed by atoms with E-state index in [4.69, 9.17) is 5.53 Å². The van der Waals surface area contributed by atoms with Gasteiger partial charge in [-0.05, 0) is 23.1 Å². The van der Waals surface area contributed by atoms with Crippen molar-refractivity contribution >= 4 is 5.78 Å². The molecule has 0 aliphatic rings. The zero-order valence-corrected chi connectivity index (χ0v) is 13.2. The third-order valence-corrected chi connectivity index (χ3v) is 3.19. The lowest BCUT2D eigenvalue weighted by Crippen LogP contribution is -2.44. The van der Waals surface area contributed by atoms with Crippen molar-refractivity contribution in [3.8, 4) is 0 Å². The summed E-state index contributed by atoms with van der Waals surface area (Å²) in [5.74, 6) is 0.233. The minimum absolute atomic E-state index is 0.00706. The zero-order chi connectivity index (χ0) is 15.8. The van der Waals surface area contributed by atoms with E-state index in [2.05, 4.69) is 15.3 Å². The van der Waals surface area contributed by atoms with E-state index in [9.17, 15) is 4.79 Å². The number of rotatable bonds is 8. The second-order valence-electron chi connectivity index (χ2n) is 5.84. The number of carbonyl (C=O) groups is 1. The van der Waals surface area contributed by atoms with E-state index >= 15 is 0 Å². The van der Waals surface area contributed by atoms with E-state index < -0.39 is 0 Å². The number of Topliss-reactive ketones (excluding diaryl/α,β-unsaturated/α-hetero) is 1. The Bertz CT molecular complexity index is 519. The molecule has 0 bridgehead atoms. The molecule has 1 aromatic rings. The van der Waals surface area contributed by atoms with Crippen molar-refractivity contribution in [3.05, 3.63) is 45.8 Å². The van der Waals surface area contributed by atoms with Gasteiger partial charge in [-0.2, -0.15) is 0 Å². The Hall–Kier alpha value is -1.84. The molecule has 0 unspecified atom stereocenters. The highest BCUT2D eigenvalue weighted by molar-refractivity contribution is 5.86. The van der Waals surface area contributed by atoms with Crippen molar-refractivity contribution in [3.63, 3.8) is 0 Å². The molecule has 0 aromatic heterocycles. The van der Waals surface area contributed by atoms with Crippen LogP contribution in [0.15, 0.2) is 29.4 Å². The average Bonchev–Trinajstić information content (AvgIpc) is 2.43. The van der Waals surface area contributed by atoms with Gasteiger partial charge in [0.05, 0.1) is 12.6 Å². The van der Waals surface area contributed by atoms with Crippen molar-refractivity contribution in [1.82, 2.24) is 5.32 Å². The second-order valence-corrected chi connectivity index (χ2v) is 5.84. The van der Waals surface area contributed by atoms with Gasteiger partial charge >= 0.3 is 0 Å². The molecule has 0 aliphatic heterocycles. The molecule has 0 fully saturated rings. The summed E-state index contributed by atoms with van der Waals surface area (Å²) in [4.78, 5) is 15.1. The van der Waals surface area contributed by atoms with Crippen LogP contribution in [0, 0.1) is 5.92 Å². The molecule has 5 nitrogen and oxygen atoms in total. The number of ketones is 1. The lowest BCUT2D eigenvalue weighted by molar-refractivity contribution is -0.124. The van der Waals surface area contributed by atoms with Crippen LogP contribution in [0.25, 0.3) is 10.4 Å². The summed E-state index contributed by atoms with van der Waals surface area (Å²) in [6, 6.07) is 7.93. The van der Waals surface area contributed by atoms with Crippen molar-refractivity contribution in [1.29, 1.82) is 0 Å². The maximum atomic E-state index is 12.3. The van der Waals surface area contributed by atoms with Crippen LogP contribution in [-0.4, -0.2) is 17.9 Å². The Morgan fingerprint density at radius 3 is 2.52 bits per heavy atom. The molecule has 1 N–H and O–H groups in total. The van der Waals surface area contributed by atoms with Crippen molar-refractivity contribution in [2.24, 2.45) is 11.0 Å². The number of hydrogen-bond acceptors (Lipinski definition) is 3. The fourth-order valence-electron chi connectivity index (χ4n) is 2.25.